The largest absolute Gasteiger partial charge is 0.478 e. The van der Waals surface area contributed by atoms with Gasteiger partial charge in [-0.1, -0.05) is 23.7 Å². The number of carboxylic acid groups (broad SMARTS) is 1. The van der Waals surface area contributed by atoms with Crippen LogP contribution in [-0.4, -0.2) is 30.4 Å². The maximum Gasteiger partial charge on any atom is 0.339 e. The molecule has 0 radical (unpaired) electrons. The maximum absolute atomic E-state index is 12.7. The van der Waals surface area contributed by atoms with Crippen LogP contribution in [0.25, 0.3) is 0 Å². The maximum atomic E-state index is 12.7. The van der Waals surface area contributed by atoms with Gasteiger partial charge in [0.25, 0.3) is 0 Å². The first-order valence-electron chi connectivity index (χ1n) is 7.67. The van der Waals surface area contributed by atoms with E-state index in [0.717, 1.165) is 0 Å². The van der Waals surface area contributed by atoms with Gasteiger partial charge >= 0.3 is 11.9 Å². The molecule has 2 rings (SSSR count). The smallest absolute Gasteiger partial charge is 0.339 e. The van der Waals surface area contributed by atoms with Crippen molar-refractivity contribution in [1.29, 1.82) is 0 Å². The first-order chi connectivity index (χ1) is 11.8. The van der Waals surface area contributed by atoms with Gasteiger partial charge in [-0.2, -0.15) is 0 Å². The van der Waals surface area contributed by atoms with Crippen LogP contribution in [0, 0.1) is 0 Å². The molecule has 0 saturated heterocycles. The molecule has 0 saturated carbocycles. The van der Waals surface area contributed by atoms with Gasteiger partial charge in [-0.05, 0) is 38.5 Å². The lowest BCUT2D eigenvalue weighted by atomic mass is 9.80. The molecule has 2 N–H and O–H groups in total. The van der Waals surface area contributed by atoms with Crippen LogP contribution in [0.4, 0.5) is 0 Å². The number of benzene rings is 1. The monoisotopic (exact) mass is 365 g/mol. The molecule has 2 atom stereocenters. The normalized spacial score (nSPS) is 18.7. The third kappa shape index (κ3) is 4.03. The second-order valence-corrected chi connectivity index (χ2v) is 6.14. The minimum atomic E-state index is -1.12. The van der Waals surface area contributed by atoms with E-state index in [1.807, 2.05) is 0 Å². The number of carbonyl (C=O) groups is 2. The molecule has 6 nitrogen and oxygen atoms in total. The molecule has 1 aliphatic heterocycles. The summed E-state index contributed by atoms with van der Waals surface area (Å²) < 4.78 is 10.2. The van der Waals surface area contributed by atoms with E-state index in [9.17, 15) is 14.7 Å². The molecule has 0 fully saturated rings. The van der Waals surface area contributed by atoms with Crippen LogP contribution in [-0.2, 0) is 19.1 Å². The number of methoxy groups -OCH3 is 1. The summed E-state index contributed by atoms with van der Waals surface area (Å²) in [6.07, 6.45) is -0.756. The number of hydrogen-bond acceptors (Lipinski definition) is 5. The zero-order chi connectivity index (χ0) is 18.7. The summed E-state index contributed by atoms with van der Waals surface area (Å²) in [5.74, 6) is -2.56. The Bertz CT molecular complexity index is 768. The van der Waals surface area contributed by atoms with Crippen LogP contribution in [0.15, 0.2) is 46.8 Å². The fourth-order valence-electron chi connectivity index (χ4n) is 2.83. The molecule has 0 bridgehead atoms. The van der Waals surface area contributed by atoms with Crippen LogP contribution >= 0.6 is 11.6 Å². The SMILES string of the molecule is COC(C)OC(=O)C1=C(C)NC(C)=C(C(=O)O)C1c1cccc(Cl)c1. The summed E-state index contributed by atoms with van der Waals surface area (Å²) in [4.78, 5) is 24.5. The lowest BCUT2D eigenvalue weighted by Gasteiger charge is -2.30. The van der Waals surface area contributed by atoms with E-state index in [1.54, 1.807) is 45.0 Å². The average molecular weight is 366 g/mol. The van der Waals surface area contributed by atoms with E-state index in [-0.39, 0.29) is 11.1 Å². The fourth-order valence-corrected chi connectivity index (χ4v) is 3.03. The predicted octanol–water partition coefficient (Wildman–Crippen LogP) is 3.20. The number of rotatable bonds is 5. The lowest BCUT2D eigenvalue weighted by molar-refractivity contribution is -0.165. The molecule has 0 aliphatic carbocycles. The highest BCUT2D eigenvalue weighted by molar-refractivity contribution is 6.30. The zero-order valence-corrected chi connectivity index (χ0v) is 15.2. The van der Waals surface area contributed by atoms with Crippen LogP contribution in [0.1, 0.15) is 32.3 Å². The molecule has 25 heavy (non-hydrogen) atoms. The molecule has 7 heteroatoms. The zero-order valence-electron chi connectivity index (χ0n) is 14.4. The number of hydrogen-bond donors (Lipinski definition) is 2. The highest BCUT2D eigenvalue weighted by Crippen LogP contribution is 2.39. The standard InChI is InChI=1S/C18H20ClNO5/c1-9-14(17(21)22)16(12-6-5-7-13(19)8-12)15(10(2)20-9)18(23)25-11(3)24-4/h5-8,11,16,20H,1-4H3,(H,21,22). The van der Waals surface area contributed by atoms with Gasteiger partial charge in [-0.25, -0.2) is 9.59 Å². The molecule has 0 spiro atoms. The van der Waals surface area contributed by atoms with Gasteiger partial charge in [0.15, 0.2) is 6.29 Å². The van der Waals surface area contributed by atoms with Crippen molar-refractivity contribution in [3.63, 3.8) is 0 Å². The summed E-state index contributed by atoms with van der Waals surface area (Å²) in [5, 5.41) is 13.1. The topological polar surface area (TPSA) is 84.9 Å². The Morgan fingerprint density at radius 1 is 1.24 bits per heavy atom. The molecule has 1 aromatic rings. The van der Waals surface area contributed by atoms with Gasteiger partial charge in [0.2, 0.25) is 0 Å². The predicted molar refractivity (Wildman–Crippen MR) is 92.9 cm³/mol. The second kappa shape index (κ2) is 7.72. The molecule has 2 unspecified atom stereocenters. The number of carboxylic acids is 1. The lowest BCUT2D eigenvalue weighted by Crippen LogP contribution is -2.33. The van der Waals surface area contributed by atoms with Gasteiger partial charge < -0.3 is 19.9 Å². The summed E-state index contributed by atoms with van der Waals surface area (Å²) in [6, 6.07) is 6.78. The average Bonchev–Trinajstić information content (AvgIpc) is 2.53. The Morgan fingerprint density at radius 2 is 1.88 bits per heavy atom. The first-order valence-corrected chi connectivity index (χ1v) is 8.05. The Hall–Kier alpha value is -2.31. The van der Waals surface area contributed by atoms with Crippen LogP contribution in [0.2, 0.25) is 5.02 Å². The van der Waals surface area contributed by atoms with Crippen molar-refractivity contribution < 1.29 is 24.2 Å². The Morgan fingerprint density at radius 3 is 2.44 bits per heavy atom. The van der Waals surface area contributed by atoms with Crippen molar-refractivity contribution in [1.82, 2.24) is 5.32 Å². The van der Waals surface area contributed by atoms with Gasteiger partial charge in [-0.3, -0.25) is 0 Å². The van der Waals surface area contributed by atoms with Crippen molar-refractivity contribution in [3.8, 4) is 0 Å². The number of dihydropyridines is 1. The van der Waals surface area contributed by atoms with Crippen molar-refractivity contribution in [2.24, 2.45) is 0 Å². The number of aliphatic carboxylic acids is 1. The van der Waals surface area contributed by atoms with E-state index in [2.05, 4.69) is 5.32 Å². The number of ether oxygens (including phenoxy) is 2. The number of esters is 1. The van der Waals surface area contributed by atoms with Gasteiger partial charge in [0, 0.05) is 23.5 Å². The van der Waals surface area contributed by atoms with Crippen molar-refractivity contribution in [2.45, 2.75) is 33.0 Å². The number of allylic oxidation sites excluding steroid dienone is 2. The summed E-state index contributed by atoms with van der Waals surface area (Å²) in [7, 11) is 1.42. The van der Waals surface area contributed by atoms with Gasteiger partial charge in [0.05, 0.1) is 17.1 Å². The molecule has 0 aromatic heterocycles. The highest BCUT2D eigenvalue weighted by atomic mass is 35.5. The Kier molecular flexibility index (Phi) is 5.87. The molecule has 1 heterocycles. The van der Waals surface area contributed by atoms with Gasteiger partial charge in [-0.15, -0.1) is 0 Å². The number of carbonyl (C=O) groups excluding carboxylic acids is 1. The third-order valence-electron chi connectivity index (χ3n) is 4.00. The molecule has 134 valence electrons. The Balaban J connectivity index is 2.59. The highest BCUT2D eigenvalue weighted by Gasteiger charge is 2.37. The molecular formula is C18H20ClNO5. The Labute approximate surface area is 151 Å². The summed E-state index contributed by atoms with van der Waals surface area (Å²) in [6.45, 7) is 4.94. The van der Waals surface area contributed by atoms with Crippen molar-refractivity contribution in [2.75, 3.05) is 7.11 Å². The number of halogens is 1. The molecular weight excluding hydrogens is 346 g/mol. The van der Waals surface area contributed by atoms with E-state index in [1.165, 1.54) is 7.11 Å². The van der Waals surface area contributed by atoms with Crippen LogP contribution in [0.5, 0.6) is 0 Å². The summed E-state index contributed by atoms with van der Waals surface area (Å²) in [5.41, 5.74) is 1.88. The molecule has 0 amide bonds. The minimum absolute atomic E-state index is 0.0740. The summed E-state index contributed by atoms with van der Waals surface area (Å²) >= 11 is 6.07. The van der Waals surface area contributed by atoms with Crippen LogP contribution < -0.4 is 5.32 Å². The van der Waals surface area contributed by atoms with E-state index in [4.69, 9.17) is 21.1 Å². The van der Waals surface area contributed by atoms with E-state index < -0.39 is 24.1 Å². The van der Waals surface area contributed by atoms with E-state index >= 15 is 0 Å². The van der Waals surface area contributed by atoms with Crippen molar-refractivity contribution in [3.05, 3.63) is 57.4 Å². The third-order valence-corrected chi connectivity index (χ3v) is 4.23. The first kappa shape index (κ1) is 19.0. The van der Waals surface area contributed by atoms with Crippen LogP contribution in [0.3, 0.4) is 0 Å². The second-order valence-electron chi connectivity index (χ2n) is 5.70. The fraction of sp³-hybridized carbons (Fsp3) is 0.333. The quantitative estimate of drug-likeness (QED) is 0.615. The number of nitrogens with one attached hydrogen (secondary N) is 1. The van der Waals surface area contributed by atoms with Crippen molar-refractivity contribution >= 4 is 23.5 Å². The van der Waals surface area contributed by atoms with Gasteiger partial charge in [0.1, 0.15) is 0 Å². The molecule has 1 aliphatic rings. The van der Waals surface area contributed by atoms with E-state index in [0.29, 0.717) is 22.0 Å². The minimum Gasteiger partial charge on any atom is -0.478 e. The molecule has 1 aromatic carbocycles.